The predicted molar refractivity (Wildman–Crippen MR) is 71.4 cm³/mol. The van der Waals surface area contributed by atoms with Crippen molar-refractivity contribution in [2.45, 2.75) is 65.5 Å². The first kappa shape index (κ1) is 13.7. The highest BCUT2D eigenvalue weighted by atomic mass is 14.9. The van der Waals surface area contributed by atoms with Crippen LogP contribution in [0.5, 0.6) is 0 Å². The normalized spacial score (nSPS) is 33.9. The van der Waals surface area contributed by atoms with E-state index in [9.17, 15) is 0 Å². The summed E-state index contributed by atoms with van der Waals surface area (Å²) in [5, 5.41) is 3.61. The molecular weight excluding hydrogens is 196 g/mol. The van der Waals surface area contributed by atoms with Crippen LogP contribution in [-0.2, 0) is 0 Å². The molecule has 1 saturated heterocycles. The molecule has 1 fully saturated rings. The SMILES string of the molecule is CC1=C(C)C2NCCCC2CC1N.CCC. The molecule has 2 heteroatoms. The van der Waals surface area contributed by atoms with Gasteiger partial charge in [-0.15, -0.1) is 0 Å². The van der Waals surface area contributed by atoms with Gasteiger partial charge in [0.25, 0.3) is 0 Å². The first-order valence-electron chi connectivity index (χ1n) is 6.78. The van der Waals surface area contributed by atoms with Crippen molar-refractivity contribution in [3.63, 3.8) is 0 Å². The van der Waals surface area contributed by atoms with Crippen molar-refractivity contribution in [1.29, 1.82) is 0 Å². The Morgan fingerprint density at radius 3 is 2.50 bits per heavy atom. The summed E-state index contributed by atoms with van der Waals surface area (Å²) in [6.45, 7) is 9.86. The van der Waals surface area contributed by atoms with Gasteiger partial charge in [0.05, 0.1) is 0 Å². The number of hydrogen-bond acceptors (Lipinski definition) is 2. The van der Waals surface area contributed by atoms with Crippen molar-refractivity contribution in [1.82, 2.24) is 5.32 Å². The van der Waals surface area contributed by atoms with Crippen molar-refractivity contribution < 1.29 is 0 Å². The third kappa shape index (κ3) is 3.08. The van der Waals surface area contributed by atoms with Gasteiger partial charge in [0.15, 0.2) is 0 Å². The maximum absolute atomic E-state index is 6.09. The minimum Gasteiger partial charge on any atom is -0.324 e. The zero-order valence-electron chi connectivity index (χ0n) is 11.3. The molecular formula is C14H28N2. The molecule has 2 nitrogen and oxygen atoms in total. The van der Waals surface area contributed by atoms with Crippen molar-refractivity contribution >= 4 is 0 Å². The molecule has 16 heavy (non-hydrogen) atoms. The number of rotatable bonds is 0. The van der Waals surface area contributed by atoms with Crippen LogP contribution in [0.1, 0.15) is 53.4 Å². The van der Waals surface area contributed by atoms with Gasteiger partial charge in [0, 0.05) is 12.1 Å². The molecule has 2 aliphatic rings. The third-order valence-corrected chi connectivity index (χ3v) is 3.79. The van der Waals surface area contributed by atoms with Gasteiger partial charge in [-0.2, -0.15) is 0 Å². The van der Waals surface area contributed by atoms with E-state index in [1.54, 1.807) is 0 Å². The van der Waals surface area contributed by atoms with Crippen LogP contribution >= 0.6 is 0 Å². The monoisotopic (exact) mass is 224 g/mol. The molecule has 3 N–H and O–H groups in total. The summed E-state index contributed by atoms with van der Waals surface area (Å²) in [6, 6.07) is 0.953. The van der Waals surface area contributed by atoms with Crippen LogP contribution in [0, 0.1) is 5.92 Å². The van der Waals surface area contributed by atoms with Crippen LogP contribution in [0.15, 0.2) is 11.1 Å². The zero-order valence-corrected chi connectivity index (χ0v) is 11.3. The molecule has 0 aromatic heterocycles. The van der Waals surface area contributed by atoms with Gasteiger partial charge in [-0.25, -0.2) is 0 Å². The summed E-state index contributed by atoms with van der Waals surface area (Å²) < 4.78 is 0. The molecule has 0 aromatic carbocycles. The third-order valence-electron chi connectivity index (χ3n) is 3.79. The fourth-order valence-corrected chi connectivity index (χ4v) is 2.76. The fraction of sp³-hybridized carbons (Fsp3) is 0.857. The lowest BCUT2D eigenvalue weighted by Crippen LogP contribution is -2.48. The van der Waals surface area contributed by atoms with Gasteiger partial charge < -0.3 is 11.1 Å². The standard InChI is InChI=1S/C11H20N2.C3H8/c1-7-8(2)11-9(6-10(7)12)4-3-5-13-11;1-3-2/h9-11,13H,3-6,12H2,1-2H3;3H2,1-2H3. The Hall–Kier alpha value is -0.340. The van der Waals surface area contributed by atoms with E-state index < -0.39 is 0 Å². The quantitative estimate of drug-likeness (QED) is 0.621. The lowest BCUT2D eigenvalue weighted by molar-refractivity contribution is 0.266. The first-order chi connectivity index (χ1) is 7.61. The highest BCUT2D eigenvalue weighted by Gasteiger charge is 2.32. The Morgan fingerprint density at radius 1 is 1.25 bits per heavy atom. The number of fused-ring (bicyclic) bond motifs is 1. The number of piperidine rings is 1. The van der Waals surface area contributed by atoms with Crippen LogP contribution in [-0.4, -0.2) is 18.6 Å². The van der Waals surface area contributed by atoms with E-state index in [0.717, 1.165) is 5.92 Å². The maximum atomic E-state index is 6.09. The van der Waals surface area contributed by atoms with E-state index in [4.69, 9.17) is 5.73 Å². The molecule has 1 heterocycles. The number of nitrogens with two attached hydrogens (primary N) is 1. The predicted octanol–water partition coefficient (Wildman–Crippen LogP) is 2.84. The summed E-state index contributed by atoms with van der Waals surface area (Å²) in [5.74, 6) is 0.799. The lowest BCUT2D eigenvalue weighted by atomic mass is 9.74. The van der Waals surface area contributed by atoms with E-state index in [-0.39, 0.29) is 0 Å². The zero-order chi connectivity index (χ0) is 12.1. The topological polar surface area (TPSA) is 38.0 Å². The van der Waals surface area contributed by atoms with Gasteiger partial charge in [-0.3, -0.25) is 0 Å². The van der Waals surface area contributed by atoms with Gasteiger partial charge in [0.2, 0.25) is 0 Å². The molecule has 0 amide bonds. The molecule has 2 rings (SSSR count). The lowest BCUT2D eigenvalue weighted by Gasteiger charge is -2.40. The molecule has 3 unspecified atom stereocenters. The summed E-state index contributed by atoms with van der Waals surface area (Å²) in [7, 11) is 0. The molecule has 1 aliphatic heterocycles. The van der Waals surface area contributed by atoms with Crippen molar-refractivity contribution in [2.75, 3.05) is 6.54 Å². The first-order valence-corrected chi connectivity index (χ1v) is 6.78. The van der Waals surface area contributed by atoms with E-state index in [1.807, 2.05) is 0 Å². The smallest absolute Gasteiger partial charge is 0.0308 e. The molecule has 3 atom stereocenters. The van der Waals surface area contributed by atoms with Crippen LogP contribution in [0.4, 0.5) is 0 Å². The van der Waals surface area contributed by atoms with Gasteiger partial charge in [-0.05, 0) is 45.6 Å². The maximum Gasteiger partial charge on any atom is 0.0308 e. The van der Waals surface area contributed by atoms with Crippen molar-refractivity contribution in [3.05, 3.63) is 11.1 Å². The molecule has 0 radical (unpaired) electrons. The fourth-order valence-electron chi connectivity index (χ4n) is 2.76. The Bertz CT molecular complexity index is 245. The second-order valence-electron chi connectivity index (χ2n) is 5.25. The van der Waals surface area contributed by atoms with Crippen LogP contribution < -0.4 is 11.1 Å². The second-order valence-corrected chi connectivity index (χ2v) is 5.25. The highest BCUT2D eigenvalue weighted by molar-refractivity contribution is 5.26. The molecule has 94 valence electrons. The van der Waals surface area contributed by atoms with Crippen LogP contribution in [0.3, 0.4) is 0 Å². The summed E-state index contributed by atoms with van der Waals surface area (Å²) >= 11 is 0. The molecule has 0 aromatic rings. The van der Waals surface area contributed by atoms with Gasteiger partial charge in [-0.1, -0.05) is 31.4 Å². The van der Waals surface area contributed by atoms with E-state index in [1.165, 1.54) is 43.4 Å². The Balaban J connectivity index is 0.000000386. The second kappa shape index (κ2) is 6.41. The Morgan fingerprint density at radius 2 is 1.88 bits per heavy atom. The summed E-state index contributed by atoms with van der Waals surface area (Å²) in [4.78, 5) is 0. The molecule has 0 bridgehead atoms. The van der Waals surface area contributed by atoms with Crippen molar-refractivity contribution in [3.8, 4) is 0 Å². The van der Waals surface area contributed by atoms with Crippen LogP contribution in [0.2, 0.25) is 0 Å². The number of hydrogen-bond donors (Lipinski definition) is 2. The molecule has 0 spiro atoms. The molecule has 1 aliphatic carbocycles. The number of nitrogens with one attached hydrogen (secondary N) is 1. The average molecular weight is 224 g/mol. The minimum absolute atomic E-state index is 0.321. The van der Waals surface area contributed by atoms with E-state index >= 15 is 0 Å². The Labute approximate surface area is 101 Å². The largest absolute Gasteiger partial charge is 0.324 e. The Kier molecular flexibility index (Phi) is 5.50. The van der Waals surface area contributed by atoms with Crippen molar-refractivity contribution in [2.24, 2.45) is 11.7 Å². The van der Waals surface area contributed by atoms with Gasteiger partial charge >= 0.3 is 0 Å². The van der Waals surface area contributed by atoms with E-state index in [2.05, 4.69) is 33.0 Å². The summed E-state index contributed by atoms with van der Waals surface area (Å²) in [6.07, 6.45) is 5.11. The molecule has 0 saturated carbocycles. The van der Waals surface area contributed by atoms with E-state index in [0.29, 0.717) is 12.1 Å². The summed E-state index contributed by atoms with van der Waals surface area (Å²) in [5.41, 5.74) is 9.01. The van der Waals surface area contributed by atoms with Gasteiger partial charge in [0.1, 0.15) is 0 Å². The highest BCUT2D eigenvalue weighted by Crippen LogP contribution is 2.33. The average Bonchev–Trinajstić information content (AvgIpc) is 2.27. The minimum atomic E-state index is 0.321. The van der Waals surface area contributed by atoms with Crippen LogP contribution in [0.25, 0.3) is 0 Å².